The highest BCUT2D eigenvalue weighted by molar-refractivity contribution is 5.92. The highest BCUT2D eigenvalue weighted by Gasteiger charge is 2.35. The Morgan fingerprint density at radius 3 is 2.89 bits per heavy atom. The van der Waals surface area contributed by atoms with E-state index in [0.29, 0.717) is 17.8 Å². The minimum Gasteiger partial charge on any atom is -0.333 e. The van der Waals surface area contributed by atoms with Crippen molar-refractivity contribution >= 4 is 5.91 Å². The van der Waals surface area contributed by atoms with Gasteiger partial charge >= 0.3 is 0 Å². The number of piperidine rings is 1. The van der Waals surface area contributed by atoms with E-state index in [1.807, 2.05) is 24.2 Å². The van der Waals surface area contributed by atoms with E-state index in [1.165, 1.54) is 19.3 Å². The van der Waals surface area contributed by atoms with Crippen molar-refractivity contribution in [3.8, 4) is 0 Å². The number of amides is 1. The molecule has 1 aromatic rings. The van der Waals surface area contributed by atoms with E-state index in [2.05, 4.69) is 10.4 Å². The minimum atomic E-state index is 0.0930. The molecule has 1 aliphatic carbocycles. The van der Waals surface area contributed by atoms with Gasteiger partial charge in [0.05, 0.1) is 0 Å². The topological polar surface area (TPSA) is 50.2 Å². The molecular weight excluding hydrogens is 240 g/mol. The van der Waals surface area contributed by atoms with Crippen molar-refractivity contribution < 1.29 is 4.79 Å². The molecular formula is C14H22N4O. The van der Waals surface area contributed by atoms with Gasteiger partial charge < -0.3 is 10.2 Å². The van der Waals surface area contributed by atoms with Gasteiger partial charge in [-0.05, 0) is 38.3 Å². The summed E-state index contributed by atoms with van der Waals surface area (Å²) in [5, 5.41) is 7.76. The zero-order chi connectivity index (χ0) is 13.2. The van der Waals surface area contributed by atoms with Crippen LogP contribution in [-0.4, -0.2) is 45.8 Å². The molecule has 1 saturated carbocycles. The van der Waals surface area contributed by atoms with E-state index in [9.17, 15) is 4.79 Å². The van der Waals surface area contributed by atoms with Gasteiger partial charge in [-0.1, -0.05) is 6.42 Å². The maximum atomic E-state index is 12.5. The third kappa shape index (κ3) is 2.97. The Morgan fingerprint density at radius 1 is 1.47 bits per heavy atom. The quantitative estimate of drug-likeness (QED) is 0.886. The van der Waals surface area contributed by atoms with Gasteiger partial charge in [0.15, 0.2) is 0 Å². The zero-order valence-electron chi connectivity index (χ0n) is 11.5. The Bertz CT molecular complexity index is 446. The molecule has 1 atom stereocenters. The van der Waals surface area contributed by atoms with Crippen LogP contribution in [-0.2, 0) is 7.05 Å². The predicted molar refractivity (Wildman–Crippen MR) is 72.9 cm³/mol. The first kappa shape index (κ1) is 12.7. The van der Waals surface area contributed by atoms with Crippen LogP contribution in [0.3, 0.4) is 0 Å². The second-order valence-corrected chi connectivity index (χ2v) is 5.71. The van der Waals surface area contributed by atoms with Crippen LogP contribution in [0.1, 0.15) is 42.6 Å². The number of rotatable bonds is 4. The average molecular weight is 262 g/mol. The normalized spacial score (nSPS) is 23.3. The molecule has 1 saturated heterocycles. The highest BCUT2D eigenvalue weighted by Crippen LogP contribution is 2.28. The van der Waals surface area contributed by atoms with Crippen molar-refractivity contribution in [3.05, 3.63) is 18.0 Å². The number of nitrogens with zero attached hydrogens (tertiary/aromatic N) is 3. The molecule has 1 unspecified atom stereocenters. The van der Waals surface area contributed by atoms with Crippen molar-refractivity contribution in [1.82, 2.24) is 20.0 Å². The molecule has 1 aromatic heterocycles. The maximum Gasteiger partial charge on any atom is 0.274 e. The highest BCUT2D eigenvalue weighted by atomic mass is 16.2. The molecule has 5 heteroatoms. The Balaban J connectivity index is 1.68. The molecule has 0 bridgehead atoms. The Kier molecular flexibility index (Phi) is 3.55. The van der Waals surface area contributed by atoms with E-state index >= 15 is 0 Å². The zero-order valence-corrected chi connectivity index (χ0v) is 11.5. The lowest BCUT2D eigenvalue weighted by Crippen LogP contribution is -2.46. The number of nitrogens with one attached hydrogen (secondary N) is 1. The van der Waals surface area contributed by atoms with Gasteiger partial charge in [0.1, 0.15) is 5.69 Å². The number of carbonyl (C=O) groups excluding carboxylic acids is 1. The molecule has 1 aliphatic heterocycles. The number of aryl methyl sites for hydroxylation is 1. The van der Waals surface area contributed by atoms with Gasteiger partial charge in [0.25, 0.3) is 5.91 Å². The Morgan fingerprint density at radius 2 is 2.32 bits per heavy atom. The summed E-state index contributed by atoms with van der Waals surface area (Å²) in [7, 11) is 1.85. The summed E-state index contributed by atoms with van der Waals surface area (Å²) in [5.41, 5.74) is 0.574. The summed E-state index contributed by atoms with van der Waals surface area (Å²) in [4.78, 5) is 14.6. The second-order valence-electron chi connectivity index (χ2n) is 5.71. The van der Waals surface area contributed by atoms with Crippen molar-refractivity contribution in [3.63, 3.8) is 0 Å². The number of aromatic nitrogens is 2. The first-order valence-corrected chi connectivity index (χ1v) is 7.28. The number of hydrogen-bond acceptors (Lipinski definition) is 3. The van der Waals surface area contributed by atoms with Gasteiger partial charge in [0.2, 0.25) is 0 Å². The third-order valence-electron chi connectivity index (χ3n) is 4.01. The summed E-state index contributed by atoms with van der Waals surface area (Å²) in [6, 6.07) is 2.71. The van der Waals surface area contributed by atoms with Crippen LogP contribution in [0.4, 0.5) is 0 Å². The smallest absolute Gasteiger partial charge is 0.274 e. The van der Waals surface area contributed by atoms with Crippen LogP contribution in [0, 0.1) is 0 Å². The Hall–Kier alpha value is -1.36. The molecule has 5 nitrogen and oxygen atoms in total. The fraction of sp³-hybridized carbons (Fsp3) is 0.714. The first-order chi connectivity index (χ1) is 9.24. The van der Waals surface area contributed by atoms with Crippen LogP contribution in [0.2, 0.25) is 0 Å². The molecule has 2 aliphatic rings. The minimum absolute atomic E-state index is 0.0930. The van der Waals surface area contributed by atoms with Gasteiger partial charge in [-0.25, -0.2) is 0 Å². The molecule has 19 heavy (non-hydrogen) atoms. The van der Waals surface area contributed by atoms with Gasteiger partial charge in [-0.2, -0.15) is 5.10 Å². The van der Waals surface area contributed by atoms with E-state index in [0.717, 1.165) is 25.9 Å². The van der Waals surface area contributed by atoms with Gasteiger partial charge in [-0.3, -0.25) is 9.48 Å². The molecule has 0 aromatic carbocycles. The predicted octanol–water partition coefficient (Wildman–Crippen LogP) is 1.17. The van der Waals surface area contributed by atoms with E-state index in [1.54, 1.807) is 4.68 Å². The summed E-state index contributed by atoms with van der Waals surface area (Å²) >= 11 is 0. The number of hydrogen-bond donors (Lipinski definition) is 1. The van der Waals surface area contributed by atoms with Crippen LogP contribution in [0.5, 0.6) is 0 Å². The first-order valence-electron chi connectivity index (χ1n) is 7.28. The van der Waals surface area contributed by atoms with Crippen molar-refractivity contribution in [1.29, 1.82) is 0 Å². The SMILES string of the molecule is Cn1ccc(C(=O)N(CC2CCCCN2)C2CC2)n1. The van der Waals surface area contributed by atoms with Crippen LogP contribution in [0.25, 0.3) is 0 Å². The van der Waals surface area contributed by atoms with Gasteiger partial charge in [-0.15, -0.1) is 0 Å². The Labute approximate surface area is 114 Å². The van der Waals surface area contributed by atoms with Crippen molar-refractivity contribution in [2.75, 3.05) is 13.1 Å². The monoisotopic (exact) mass is 262 g/mol. The van der Waals surface area contributed by atoms with E-state index in [-0.39, 0.29) is 5.91 Å². The average Bonchev–Trinajstić information content (AvgIpc) is 3.18. The van der Waals surface area contributed by atoms with E-state index in [4.69, 9.17) is 0 Å². The van der Waals surface area contributed by atoms with Gasteiger partial charge in [0, 0.05) is 31.9 Å². The molecule has 2 heterocycles. The van der Waals surface area contributed by atoms with Crippen LogP contribution < -0.4 is 5.32 Å². The fourth-order valence-electron chi connectivity index (χ4n) is 2.78. The summed E-state index contributed by atoms with van der Waals surface area (Å²) in [6.07, 6.45) is 7.83. The van der Waals surface area contributed by atoms with Crippen molar-refractivity contribution in [2.24, 2.45) is 7.05 Å². The third-order valence-corrected chi connectivity index (χ3v) is 4.01. The second kappa shape index (κ2) is 5.33. The molecule has 1 amide bonds. The lowest BCUT2D eigenvalue weighted by Gasteiger charge is -2.30. The lowest BCUT2D eigenvalue weighted by molar-refractivity contribution is 0.0711. The lowest BCUT2D eigenvalue weighted by atomic mass is 10.0. The largest absolute Gasteiger partial charge is 0.333 e. The van der Waals surface area contributed by atoms with Crippen LogP contribution in [0.15, 0.2) is 12.3 Å². The molecule has 0 radical (unpaired) electrons. The maximum absolute atomic E-state index is 12.5. The summed E-state index contributed by atoms with van der Waals surface area (Å²) in [5.74, 6) is 0.0930. The molecule has 3 rings (SSSR count). The summed E-state index contributed by atoms with van der Waals surface area (Å²) in [6.45, 7) is 1.92. The molecule has 0 spiro atoms. The standard InChI is InChI=1S/C14H22N4O/c1-17-9-7-13(16-17)14(19)18(12-5-6-12)10-11-4-2-3-8-15-11/h7,9,11-12,15H,2-6,8,10H2,1H3. The molecule has 2 fully saturated rings. The fourth-order valence-corrected chi connectivity index (χ4v) is 2.78. The van der Waals surface area contributed by atoms with Crippen LogP contribution >= 0.6 is 0 Å². The van der Waals surface area contributed by atoms with E-state index < -0.39 is 0 Å². The molecule has 1 N–H and O–H groups in total. The van der Waals surface area contributed by atoms with Crippen molar-refractivity contribution in [2.45, 2.75) is 44.2 Å². The number of carbonyl (C=O) groups is 1. The molecule has 104 valence electrons. The summed E-state index contributed by atoms with van der Waals surface area (Å²) < 4.78 is 1.69.